The third-order valence-corrected chi connectivity index (χ3v) is 4.87. The number of nitrogens with two attached hydrogens (primary N) is 1. The van der Waals surface area contributed by atoms with E-state index >= 15 is 0 Å². The summed E-state index contributed by atoms with van der Waals surface area (Å²) in [6.45, 7) is 2.08. The first-order valence-corrected chi connectivity index (χ1v) is 8.17. The van der Waals surface area contributed by atoms with Gasteiger partial charge in [-0.15, -0.1) is 0 Å². The molecule has 0 aliphatic heterocycles. The summed E-state index contributed by atoms with van der Waals surface area (Å²) in [5.74, 6) is -0.189. The molecule has 0 radical (unpaired) electrons. The van der Waals surface area contributed by atoms with Gasteiger partial charge in [0.25, 0.3) is 0 Å². The number of halogens is 2. The summed E-state index contributed by atoms with van der Waals surface area (Å²) in [5.41, 5.74) is 7.17. The van der Waals surface area contributed by atoms with Crippen LogP contribution in [0.5, 0.6) is 0 Å². The predicted molar refractivity (Wildman–Crippen MR) is 86.6 cm³/mol. The molecule has 0 spiro atoms. The summed E-state index contributed by atoms with van der Waals surface area (Å²) in [4.78, 5) is 1.65. The van der Waals surface area contributed by atoms with Gasteiger partial charge in [0.2, 0.25) is 0 Å². The summed E-state index contributed by atoms with van der Waals surface area (Å²) < 4.78 is 14.7. The first-order chi connectivity index (χ1) is 9.60. The maximum absolute atomic E-state index is 13.6. The maximum Gasteiger partial charge on any atom is 0.137 e. The fourth-order valence-electron chi connectivity index (χ4n) is 1.84. The van der Waals surface area contributed by atoms with Gasteiger partial charge in [0, 0.05) is 20.3 Å². The lowest BCUT2D eigenvalue weighted by Gasteiger charge is -2.11. The zero-order valence-corrected chi connectivity index (χ0v) is 13.7. The Bertz CT molecular complexity index is 588. The summed E-state index contributed by atoms with van der Waals surface area (Å²) in [6, 6.07) is 13.1. The molecule has 2 aromatic carbocycles. The Kier molecular flexibility index (Phi) is 5.64. The van der Waals surface area contributed by atoms with Crippen molar-refractivity contribution >= 4 is 27.7 Å². The molecule has 2 rings (SSSR count). The molecule has 0 heterocycles. The van der Waals surface area contributed by atoms with Crippen LogP contribution in [0.2, 0.25) is 0 Å². The van der Waals surface area contributed by atoms with E-state index in [4.69, 9.17) is 5.73 Å². The molecule has 2 N–H and O–H groups in total. The molecule has 1 atom stereocenters. The molecule has 0 saturated carbocycles. The van der Waals surface area contributed by atoms with Crippen LogP contribution in [0.4, 0.5) is 4.39 Å². The smallest absolute Gasteiger partial charge is 0.137 e. The Hall–Kier alpha value is -0.840. The van der Waals surface area contributed by atoms with Crippen molar-refractivity contribution < 1.29 is 4.39 Å². The third-order valence-electron chi connectivity index (χ3n) is 3.10. The second-order valence-electron chi connectivity index (χ2n) is 4.66. The second kappa shape index (κ2) is 7.25. The van der Waals surface area contributed by atoms with Crippen molar-refractivity contribution in [1.29, 1.82) is 0 Å². The van der Waals surface area contributed by atoms with Crippen LogP contribution in [0.1, 0.15) is 18.9 Å². The molecule has 0 aromatic heterocycles. The SMILES string of the molecule is CCC(N)Cc1ccc(Sc2ccccc2F)cc1Br. The Morgan fingerprint density at radius 3 is 2.65 bits per heavy atom. The number of hydrogen-bond donors (Lipinski definition) is 1. The van der Waals surface area contributed by atoms with Crippen LogP contribution in [0.25, 0.3) is 0 Å². The first kappa shape index (κ1) is 15.5. The summed E-state index contributed by atoms with van der Waals surface area (Å²) in [6.07, 6.45) is 1.81. The van der Waals surface area contributed by atoms with Crippen LogP contribution < -0.4 is 5.73 Å². The summed E-state index contributed by atoms with van der Waals surface area (Å²) in [7, 11) is 0. The van der Waals surface area contributed by atoms with Gasteiger partial charge in [-0.25, -0.2) is 4.39 Å². The van der Waals surface area contributed by atoms with Crippen LogP contribution >= 0.6 is 27.7 Å². The molecule has 0 saturated heterocycles. The monoisotopic (exact) mass is 353 g/mol. The highest BCUT2D eigenvalue weighted by Crippen LogP contribution is 2.32. The van der Waals surface area contributed by atoms with Crippen LogP contribution in [-0.2, 0) is 6.42 Å². The highest BCUT2D eigenvalue weighted by Gasteiger charge is 2.08. The van der Waals surface area contributed by atoms with Crippen molar-refractivity contribution in [3.8, 4) is 0 Å². The molecule has 1 unspecified atom stereocenters. The van der Waals surface area contributed by atoms with Crippen molar-refractivity contribution in [2.75, 3.05) is 0 Å². The van der Waals surface area contributed by atoms with E-state index in [1.54, 1.807) is 12.1 Å². The van der Waals surface area contributed by atoms with E-state index in [-0.39, 0.29) is 11.9 Å². The van der Waals surface area contributed by atoms with Crippen molar-refractivity contribution in [2.24, 2.45) is 5.73 Å². The van der Waals surface area contributed by atoms with Crippen LogP contribution in [0.3, 0.4) is 0 Å². The normalized spacial score (nSPS) is 12.4. The fraction of sp³-hybridized carbons (Fsp3) is 0.250. The molecule has 0 fully saturated rings. The lowest BCUT2D eigenvalue weighted by Crippen LogP contribution is -2.21. The number of benzene rings is 2. The molecule has 0 bridgehead atoms. The molecule has 1 nitrogen and oxygen atoms in total. The first-order valence-electron chi connectivity index (χ1n) is 6.56. The zero-order valence-electron chi connectivity index (χ0n) is 11.3. The molecule has 0 aliphatic carbocycles. The zero-order chi connectivity index (χ0) is 14.5. The Labute approximate surface area is 131 Å². The van der Waals surface area contributed by atoms with E-state index in [0.717, 1.165) is 22.2 Å². The van der Waals surface area contributed by atoms with Gasteiger partial charge in [0.05, 0.1) is 0 Å². The molecule has 2 aromatic rings. The standard InChI is InChI=1S/C16H17BrFNS/c1-2-12(19)9-11-7-8-13(10-14(11)17)20-16-6-4-3-5-15(16)18/h3-8,10,12H,2,9,19H2,1H3. The Morgan fingerprint density at radius 1 is 1.25 bits per heavy atom. The minimum Gasteiger partial charge on any atom is -0.327 e. The van der Waals surface area contributed by atoms with Gasteiger partial charge in [-0.3, -0.25) is 0 Å². The average Bonchev–Trinajstić information content (AvgIpc) is 2.44. The van der Waals surface area contributed by atoms with E-state index in [1.165, 1.54) is 23.4 Å². The molecule has 0 aliphatic rings. The third kappa shape index (κ3) is 4.08. The molecule has 4 heteroatoms. The van der Waals surface area contributed by atoms with Gasteiger partial charge in [-0.2, -0.15) is 0 Å². The van der Waals surface area contributed by atoms with Gasteiger partial charge < -0.3 is 5.73 Å². The van der Waals surface area contributed by atoms with Gasteiger partial charge in [0.1, 0.15) is 5.82 Å². The van der Waals surface area contributed by atoms with Crippen molar-refractivity contribution in [3.05, 3.63) is 58.3 Å². The molecule has 20 heavy (non-hydrogen) atoms. The van der Waals surface area contributed by atoms with Gasteiger partial charge >= 0.3 is 0 Å². The lowest BCUT2D eigenvalue weighted by molar-refractivity contribution is 0.602. The van der Waals surface area contributed by atoms with Gasteiger partial charge in [-0.05, 0) is 42.7 Å². The molecular formula is C16H17BrFNS. The number of rotatable bonds is 5. The van der Waals surface area contributed by atoms with Crippen LogP contribution in [0.15, 0.2) is 56.7 Å². The minimum atomic E-state index is -0.189. The summed E-state index contributed by atoms with van der Waals surface area (Å²) in [5, 5.41) is 0. The fourth-order valence-corrected chi connectivity index (χ4v) is 3.41. The minimum absolute atomic E-state index is 0.177. The van der Waals surface area contributed by atoms with Crippen molar-refractivity contribution in [2.45, 2.75) is 35.6 Å². The maximum atomic E-state index is 13.6. The Morgan fingerprint density at radius 2 is 2.00 bits per heavy atom. The van der Waals surface area contributed by atoms with E-state index in [1.807, 2.05) is 18.2 Å². The molecular weight excluding hydrogens is 337 g/mol. The van der Waals surface area contributed by atoms with Crippen molar-refractivity contribution in [1.82, 2.24) is 0 Å². The predicted octanol–water partition coefficient (Wildman–Crippen LogP) is 5.02. The highest BCUT2D eigenvalue weighted by atomic mass is 79.9. The van der Waals surface area contributed by atoms with Crippen LogP contribution in [0, 0.1) is 5.82 Å². The quantitative estimate of drug-likeness (QED) is 0.816. The number of hydrogen-bond acceptors (Lipinski definition) is 2. The topological polar surface area (TPSA) is 26.0 Å². The summed E-state index contributed by atoms with van der Waals surface area (Å²) >= 11 is 5.00. The van der Waals surface area contributed by atoms with Crippen molar-refractivity contribution in [3.63, 3.8) is 0 Å². The Balaban J connectivity index is 2.15. The van der Waals surface area contributed by atoms with E-state index in [0.29, 0.717) is 4.90 Å². The second-order valence-corrected chi connectivity index (χ2v) is 6.63. The van der Waals surface area contributed by atoms with Crippen LogP contribution in [-0.4, -0.2) is 6.04 Å². The van der Waals surface area contributed by atoms with E-state index in [9.17, 15) is 4.39 Å². The molecule has 106 valence electrons. The molecule has 0 amide bonds. The average molecular weight is 354 g/mol. The van der Waals surface area contributed by atoms with Gasteiger partial charge in [0.15, 0.2) is 0 Å². The van der Waals surface area contributed by atoms with E-state index < -0.39 is 0 Å². The lowest BCUT2D eigenvalue weighted by atomic mass is 10.1. The highest BCUT2D eigenvalue weighted by molar-refractivity contribution is 9.10. The van der Waals surface area contributed by atoms with Gasteiger partial charge in [-0.1, -0.05) is 52.8 Å². The van der Waals surface area contributed by atoms with E-state index in [2.05, 4.69) is 28.9 Å². The largest absolute Gasteiger partial charge is 0.327 e.